The molecular weight excluding hydrogens is 210 g/mol. The molecule has 1 atom stereocenters. The van der Waals surface area contributed by atoms with Gasteiger partial charge in [-0.3, -0.25) is 9.78 Å². The quantitative estimate of drug-likeness (QED) is 0.618. The molecule has 1 heterocycles. The summed E-state index contributed by atoms with van der Waals surface area (Å²) < 4.78 is 0. The largest absolute Gasteiger partial charge is 0.480 e. The lowest BCUT2D eigenvalue weighted by Gasteiger charge is -2.02. The van der Waals surface area contributed by atoms with Crippen LogP contribution in [0.15, 0.2) is 29.4 Å². The van der Waals surface area contributed by atoms with Crippen molar-refractivity contribution in [3.05, 3.63) is 24.5 Å². The fourth-order valence-corrected chi connectivity index (χ4v) is 1.66. The van der Waals surface area contributed by atoms with Gasteiger partial charge in [0.05, 0.1) is 0 Å². The standard InChI is InChI=1S/C8H8ClNO2S/c9-7(8(11)12)5-13-6-1-3-10-4-2-6/h1-4,7H,5H2,(H,11,12). The lowest BCUT2D eigenvalue weighted by Crippen LogP contribution is -2.15. The highest BCUT2D eigenvalue weighted by Crippen LogP contribution is 2.19. The fraction of sp³-hybridized carbons (Fsp3) is 0.250. The van der Waals surface area contributed by atoms with Crippen molar-refractivity contribution >= 4 is 29.3 Å². The molecule has 0 spiro atoms. The van der Waals surface area contributed by atoms with E-state index in [1.807, 2.05) is 12.1 Å². The Hall–Kier alpha value is -0.740. The van der Waals surface area contributed by atoms with Crippen molar-refractivity contribution < 1.29 is 9.90 Å². The molecule has 0 aromatic carbocycles. The number of hydrogen-bond donors (Lipinski definition) is 1. The average molecular weight is 218 g/mol. The number of carboxylic acids is 1. The zero-order valence-corrected chi connectivity index (χ0v) is 8.26. The second-order valence-corrected chi connectivity index (χ2v) is 3.92. The third-order valence-corrected chi connectivity index (χ3v) is 2.94. The number of aromatic nitrogens is 1. The third kappa shape index (κ3) is 3.65. The van der Waals surface area contributed by atoms with E-state index in [1.54, 1.807) is 12.4 Å². The van der Waals surface area contributed by atoms with Gasteiger partial charge in [-0.2, -0.15) is 0 Å². The lowest BCUT2D eigenvalue weighted by atomic mass is 10.5. The molecule has 0 aliphatic heterocycles. The summed E-state index contributed by atoms with van der Waals surface area (Å²) in [5, 5.41) is 7.67. The highest BCUT2D eigenvalue weighted by Gasteiger charge is 2.13. The van der Waals surface area contributed by atoms with Crippen LogP contribution in [0.3, 0.4) is 0 Å². The van der Waals surface area contributed by atoms with Crippen molar-refractivity contribution in [2.75, 3.05) is 5.75 Å². The Morgan fingerprint density at radius 1 is 1.62 bits per heavy atom. The van der Waals surface area contributed by atoms with E-state index in [-0.39, 0.29) is 0 Å². The maximum atomic E-state index is 10.4. The van der Waals surface area contributed by atoms with Crippen LogP contribution in [0.4, 0.5) is 0 Å². The number of thioether (sulfide) groups is 1. The van der Waals surface area contributed by atoms with Crippen molar-refractivity contribution in [2.24, 2.45) is 0 Å². The molecule has 13 heavy (non-hydrogen) atoms. The number of rotatable bonds is 4. The van der Waals surface area contributed by atoms with Crippen LogP contribution in [0.25, 0.3) is 0 Å². The van der Waals surface area contributed by atoms with Crippen LogP contribution in [0.2, 0.25) is 0 Å². The fourth-order valence-electron chi connectivity index (χ4n) is 0.675. The maximum absolute atomic E-state index is 10.4. The first-order valence-electron chi connectivity index (χ1n) is 3.60. The number of pyridine rings is 1. The highest BCUT2D eigenvalue weighted by atomic mass is 35.5. The molecule has 1 aromatic rings. The van der Waals surface area contributed by atoms with E-state index in [0.717, 1.165) is 4.90 Å². The Bertz CT molecular complexity index is 281. The van der Waals surface area contributed by atoms with Crippen LogP contribution in [-0.2, 0) is 4.79 Å². The van der Waals surface area contributed by atoms with Gasteiger partial charge in [0.2, 0.25) is 0 Å². The minimum Gasteiger partial charge on any atom is -0.480 e. The molecular formula is C8H8ClNO2S. The predicted octanol–water partition coefficient (Wildman–Crippen LogP) is 1.87. The number of nitrogens with zero attached hydrogens (tertiary/aromatic N) is 1. The van der Waals surface area contributed by atoms with Gasteiger partial charge in [-0.25, -0.2) is 0 Å². The topological polar surface area (TPSA) is 50.2 Å². The average Bonchev–Trinajstić information content (AvgIpc) is 2.15. The summed E-state index contributed by atoms with van der Waals surface area (Å²) >= 11 is 6.93. The number of carboxylic acid groups (broad SMARTS) is 1. The summed E-state index contributed by atoms with van der Waals surface area (Å²) in [6.07, 6.45) is 3.32. The first-order chi connectivity index (χ1) is 6.20. The van der Waals surface area contributed by atoms with E-state index >= 15 is 0 Å². The van der Waals surface area contributed by atoms with E-state index < -0.39 is 11.3 Å². The van der Waals surface area contributed by atoms with Crippen molar-refractivity contribution in [3.63, 3.8) is 0 Å². The molecule has 1 unspecified atom stereocenters. The zero-order chi connectivity index (χ0) is 9.68. The molecule has 70 valence electrons. The van der Waals surface area contributed by atoms with E-state index in [1.165, 1.54) is 11.8 Å². The summed E-state index contributed by atoms with van der Waals surface area (Å²) in [4.78, 5) is 15.2. The summed E-state index contributed by atoms with van der Waals surface area (Å²) in [6.45, 7) is 0. The first-order valence-corrected chi connectivity index (χ1v) is 5.02. The van der Waals surface area contributed by atoms with E-state index in [4.69, 9.17) is 16.7 Å². The Morgan fingerprint density at radius 3 is 2.77 bits per heavy atom. The number of carbonyl (C=O) groups is 1. The van der Waals surface area contributed by atoms with Gasteiger partial charge in [0.25, 0.3) is 0 Å². The Kier molecular flexibility index (Phi) is 4.05. The minimum atomic E-state index is -0.983. The number of aliphatic carboxylic acids is 1. The van der Waals surface area contributed by atoms with Gasteiger partial charge in [-0.1, -0.05) is 0 Å². The molecule has 0 fully saturated rings. The summed E-state index contributed by atoms with van der Waals surface area (Å²) in [7, 11) is 0. The molecule has 0 saturated carbocycles. The van der Waals surface area contributed by atoms with Gasteiger partial charge in [0.15, 0.2) is 0 Å². The smallest absolute Gasteiger partial charge is 0.322 e. The van der Waals surface area contributed by atoms with E-state index in [9.17, 15) is 4.79 Å². The molecule has 0 amide bonds. The van der Waals surface area contributed by atoms with Crippen molar-refractivity contribution in [1.82, 2.24) is 4.98 Å². The van der Waals surface area contributed by atoms with Crippen LogP contribution < -0.4 is 0 Å². The van der Waals surface area contributed by atoms with Gasteiger partial charge >= 0.3 is 5.97 Å². The molecule has 1 aromatic heterocycles. The number of halogens is 1. The zero-order valence-electron chi connectivity index (χ0n) is 6.68. The molecule has 3 nitrogen and oxygen atoms in total. The van der Waals surface area contributed by atoms with E-state index in [2.05, 4.69) is 4.98 Å². The Morgan fingerprint density at radius 2 is 2.23 bits per heavy atom. The number of alkyl halides is 1. The molecule has 1 N–H and O–H groups in total. The monoisotopic (exact) mass is 217 g/mol. The maximum Gasteiger partial charge on any atom is 0.322 e. The van der Waals surface area contributed by atoms with Crippen molar-refractivity contribution in [1.29, 1.82) is 0 Å². The molecule has 1 rings (SSSR count). The summed E-state index contributed by atoms with van der Waals surface area (Å²) in [6, 6.07) is 3.63. The van der Waals surface area contributed by atoms with Crippen molar-refractivity contribution in [2.45, 2.75) is 10.3 Å². The van der Waals surface area contributed by atoms with Crippen LogP contribution >= 0.6 is 23.4 Å². The predicted molar refractivity (Wildman–Crippen MR) is 52.2 cm³/mol. The molecule has 0 radical (unpaired) electrons. The summed E-state index contributed by atoms with van der Waals surface area (Å²) in [5.41, 5.74) is 0. The SMILES string of the molecule is O=C(O)C(Cl)CSc1ccncc1. The van der Waals surface area contributed by atoms with Gasteiger partial charge < -0.3 is 5.11 Å². The minimum absolute atomic E-state index is 0.362. The van der Waals surface area contributed by atoms with Crippen molar-refractivity contribution in [3.8, 4) is 0 Å². The van der Waals surface area contributed by atoms with Crippen LogP contribution in [-0.4, -0.2) is 27.2 Å². The molecule has 5 heteroatoms. The Labute approximate surface area is 85.1 Å². The third-order valence-electron chi connectivity index (χ3n) is 1.31. The first kappa shape index (κ1) is 10.3. The second kappa shape index (κ2) is 5.09. The van der Waals surface area contributed by atoms with Gasteiger partial charge in [0, 0.05) is 23.0 Å². The normalized spacial score (nSPS) is 12.4. The van der Waals surface area contributed by atoms with E-state index in [0.29, 0.717) is 5.75 Å². The lowest BCUT2D eigenvalue weighted by molar-refractivity contribution is -0.136. The highest BCUT2D eigenvalue weighted by molar-refractivity contribution is 7.99. The van der Waals surface area contributed by atoms with Gasteiger partial charge in [-0.15, -0.1) is 23.4 Å². The van der Waals surface area contributed by atoms with Crippen LogP contribution in [0.1, 0.15) is 0 Å². The van der Waals surface area contributed by atoms with Gasteiger partial charge in [0.1, 0.15) is 5.38 Å². The number of hydrogen-bond acceptors (Lipinski definition) is 3. The molecule has 0 aliphatic carbocycles. The van der Waals surface area contributed by atoms with Gasteiger partial charge in [-0.05, 0) is 12.1 Å². The molecule has 0 saturated heterocycles. The second-order valence-electron chi connectivity index (χ2n) is 2.30. The van der Waals surface area contributed by atoms with Crippen LogP contribution in [0.5, 0.6) is 0 Å². The Balaban J connectivity index is 2.39. The molecule has 0 aliphatic rings. The van der Waals surface area contributed by atoms with Crippen LogP contribution in [0, 0.1) is 0 Å². The molecule has 0 bridgehead atoms. The summed E-state index contributed by atoms with van der Waals surface area (Å²) in [5.74, 6) is -0.621.